The van der Waals surface area contributed by atoms with Crippen molar-refractivity contribution < 1.29 is 14.3 Å². The van der Waals surface area contributed by atoms with Crippen LogP contribution in [0.3, 0.4) is 0 Å². The zero-order valence-corrected chi connectivity index (χ0v) is 17.4. The number of nitrogens with one attached hydrogen (secondary N) is 1. The molecule has 1 saturated carbocycles. The van der Waals surface area contributed by atoms with Gasteiger partial charge in [-0.3, -0.25) is 9.59 Å². The summed E-state index contributed by atoms with van der Waals surface area (Å²) >= 11 is 6.37. The highest BCUT2D eigenvalue weighted by atomic mass is 35.5. The third-order valence-corrected chi connectivity index (χ3v) is 5.97. The molecule has 0 radical (unpaired) electrons. The van der Waals surface area contributed by atoms with Crippen molar-refractivity contribution in [1.82, 2.24) is 10.2 Å². The minimum atomic E-state index is -0.0773. The number of carbonyl (C=O) groups excluding carboxylic acids is 2. The van der Waals surface area contributed by atoms with Gasteiger partial charge < -0.3 is 15.0 Å². The summed E-state index contributed by atoms with van der Waals surface area (Å²) in [4.78, 5) is 26.5. The molecule has 2 aliphatic rings. The monoisotopic (exact) mass is 404 g/mol. The first-order valence-electron chi connectivity index (χ1n) is 10.2. The molecule has 1 aromatic rings. The number of amides is 2. The molecule has 2 fully saturated rings. The van der Waals surface area contributed by atoms with Crippen molar-refractivity contribution in [2.45, 2.75) is 64.5 Å². The summed E-state index contributed by atoms with van der Waals surface area (Å²) in [7, 11) is 0. The minimum absolute atomic E-state index is 0.0191. The van der Waals surface area contributed by atoms with Crippen molar-refractivity contribution in [3.8, 4) is 5.75 Å². The number of carbonyl (C=O) groups is 2. The van der Waals surface area contributed by atoms with Gasteiger partial charge in [0.05, 0.1) is 5.02 Å². The van der Waals surface area contributed by atoms with Crippen molar-refractivity contribution in [2.24, 2.45) is 0 Å². The van der Waals surface area contributed by atoms with Gasteiger partial charge in [0.25, 0.3) is 5.91 Å². The second-order valence-corrected chi connectivity index (χ2v) is 8.09. The highest BCUT2D eigenvalue weighted by molar-refractivity contribution is 6.32. The van der Waals surface area contributed by atoms with Crippen LogP contribution in [0.4, 0.5) is 0 Å². The summed E-state index contributed by atoms with van der Waals surface area (Å²) in [5, 5.41) is 3.52. The van der Waals surface area contributed by atoms with Crippen LogP contribution in [0.2, 0.25) is 5.02 Å². The SMILES string of the molecule is C/C=C(\C)C(=O)N1CCC(Oc2ccc(C(=O)NC3CCCC3)cc2Cl)CC1. The van der Waals surface area contributed by atoms with Crippen LogP contribution in [0.25, 0.3) is 0 Å². The summed E-state index contributed by atoms with van der Waals surface area (Å²) in [5.41, 5.74) is 1.33. The Balaban J connectivity index is 1.54. The molecule has 5 nitrogen and oxygen atoms in total. The van der Waals surface area contributed by atoms with E-state index in [1.807, 2.05) is 24.8 Å². The van der Waals surface area contributed by atoms with Gasteiger partial charge in [0, 0.05) is 43.1 Å². The third kappa shape index (κ3) is 5.07. The van der Waals surface area contributed by atoms with Crippen LogP contribution in [0, 0.1) is 0 Å². The fourth-order valence-electron chi connectivity index (χ4n) is 3.81. The second kappa shape index (κ2) is 9.46. The van der Waals surface area contributed by atoms with Gasteiger partial charge in [-0.25, -0.2) is 0 Å². The fraction of sp³-hybridized carbons (Fsp3) is 0.545. The van der Waals surface area contributed by atoms with E-state index in [9.17, 15) is 9.59 Å². The summed E-state index contributed by atoms with van der Waals surface area (Å²) in [6.07, 6.45) is 7.85. The molecule has 152 valence electrons. The molecule has 0 aromatic heterocycles. The molecule has 1 saturated heterocycles. The first kappa shape index (κ1) is 20.7. The zero-order valence-electron chi connectivity index (χ0n) is 16.7. The number of rotatable bonds is 5. The molecule has 0 spiro atoms. The van der Waals surface area contributed by atoms with Crippen molar-refractivity contribution in [2.75, 3.05) is 13.1 Å². The number of halogens is 1. The molecule has 1 heterocycles. The van der Waals surface area contributed by atoms with Crippen LogP contribution < -0.4 is 10.1 Å². The maximum absolute atomic E-state index is 12.4. The summed E-state index contributed by atoms with van der Waals surface area (Å²) in [6, 6.07) is 5.49. The number of hydrogen-bond acceptors (Lipinski definition) is 3. The number of allylic oxidation sites excluding steroid dienone is 1. The average molecular weight is 405 g/mol. The maximum Gasteiger partial charge on any atom is 0.251 e. The predicted molar refractivity (Wildman–Crippen MR) is 111 cm³/mol. The molecule has 2 amide bonds. The van der Waals surface area contributed by atoms with E-state index in [2.05, 4.69) is 5.32 Å². The van der Waals surface area contributed by atoms with Gasteiger partial charge in [0.2, 0.25) is 5.91 Å². The Morgan fingerprint density at radius 3 is 2.46 bits per heavy atom. The smallest absolute Gasteiger partial charge is 0.251 e. The van der Waals surface area contributed by atoms with E-state index in [0.717, 1.165) is 31.3 Å². The first-order chi connectivity index (χ1) is 13.5. The van der Waals surface area contributed by atoms with Crippen LogP contribution in [-0.4, -0.2) is 41.9 Å². The van der Waals surface area contributed by atoms with Gasteiger partial charge in [0.1, 0.15) is 11.9 Å². The lowest BCUT2D eigenvalue weighted by Gasteiger charge is -2.32. The van der Waals surface area contributed by atoms with Crippen LogP contribution >= 0.6 is 11.6 Å². The lowest BCUT2D eigenvalue weighted by Crippen LogP contribution is -2.42. The summed E-state index contributed by atoms with van der Waals surface area (Å²) in [5.74, 6) is 0.608. The minimum Gasteiger partial charge on any atom is -0.489 e. The normalized spacial score (nSPS) is 19.0. The second-order valence-electron chi connectivity index (χ2n) is 7.68. The number of piperidine rings is 1. The number of likely N-dealkylation sites (tertiary alicyclic amines) is 1. The molecule has 1 aliphatic heterocycles. The van der Waals surface area contributed by atoms with E-state index in [1.165, 1.54) is 12.8 Å². The lowest BCUT2D eigenvalue weighted by molar-refractivity contribution is -0.128. The Hall–Kier alpha value is -2.01. The third-order valence-electron chi connectivity index (χ3n) is 5.68. The molecular formula is C22H29ClN2O3. The standard InChI is InChI=1S/C22H29ClN2O3/c1-3-15(2)22(27)25-12-10-18(11-13-25)28-20-9-8-16(14-19(20)23)21(26)24-17-6-4-5-7-17/h3,8-9,14,17-18H,4-7,10-13H2,1-2H3,(H,24,26)/b15-3+. The van der Waals surface area contributed by atoms with Crippen molar-refractivity contribution in [1.29, 1.82) is 0 Å². The highest BCUT2D eigenvalue weighted by Gasteiger charge is 2.25. The number of nitrogens with zero attached hydrogens (tertiary/aromatic N) is 1. The van der Waals surface area contributed by atoms with Gasteiger partial charge in [-0.1, -0.05) is 30.5 Å². The van der Waals surface area contributed by atoms with E-state index in [-0.39, 0.29) is 24.0 Å². The van der Waals surface area contributed by atoms with Crippen molar-refractivity contribution >= 4 is 23.4 Å². The predicted octanol–water partition coefficient (Wildman–Crippen LogP) is 4.35. The van der Waals surface area contributed by atoms with Gasteiger partial charge >= 0.3 is 0 Å². The zero-order chi connectivity index (χ0) is 20.1. The van der Waals surface area contributed by atoms with Gasteiger partial charge in [-0.2, -0.15) is 0 Å². The Kier molecular flexibility index (Phi) is 7.00. The molecular weight excluding hydrogens is 376 g/mol. The average Bonchev–Trinajstić information content (AvgIpc) is 3.21. The van der Waals surface area contributed by atoms with Gasteiger partial charge in [0.15, 0.2) is 0 Å². The van der Waals surface area contributed by atoms with E-state index in [4.69, 9.17) is 16.3 Å². The van der Waals surface area contributed by atoms with E-state index in [1.54, 1.807) is 18.2 Å². The van der Waals surface area contributed by atoms with E-state index in [0.29, 0.717) is 29.4 Å². The van der Waals surface area contributed by atoms with Crippen LogP contribution in [-0.2, 0) is 4.79 Å². The molecule has 1 aliphatic carbocycles. The maximum atomic E-state index is 12.4. The fourth-order valence-corrected chi connectivity index (χ4v) is 4.03. The Morgan fingerprint density at radius 1 is 1.18 bits per heavy atom. The molecule has 28 heavy (non-hydrogen) atoms. The molecule has 6 heteroatoms. The largest absolute Gasteiger partial charge is 0.489 e. The van der Waals surface area contributed by atoms with Gasteiger partial charge in [-0.15, -0.1) is 0 Å². The van der Waals surface area contributed by atoms with Crippen LogP contribution in [0.5, 0.6) is 5.75 Å². The topological polar surface area (TPSA) is 58.6 Å². The Morgan fingerprint density at radius 2 is 1.86 bits per heavy atom. The van der Waals surface area contributed by atoms with Crippen molar-refractivity contribution in [3.05, 3.63) is 40.4 Å². The first-order valence-corrected chi connectivity index (χ1v) is 10.5. The quantitative estimate of drug-likeness (QED) is 0.742. The molecule has 1 N–H and O–H groups in total. The Bertz CT molecular complexity index is 748. The molecule has 3 rings (SSSR count). The van der Waals surface area contributed by atoms with Crippen molar-refractivity contribution in [3.63, 3.8) is 0 Å². The number of hydrogen-bond donors (Lipinski definition) is 1. The summed E-state index contributed by atoms with van der Waals surface area (Å²) < 4.78 is 6.05. The Labute approximate surface area is 172 Å². The van der Waals surface area contributed by atoms with Crippen LogP contribution in [0.1, 0.15) is 62.7 Å². The molecule has 1 aromatic carbocycles. The lowest BCUT2D eigenvalue weighted by atomic mass is 10.1. The van der Waals surface area contributed by atoms with Gasteiger partial charge in [-0.05, 0) is 44.9 Å². The molecule has 0 unspecified atom stereocenters. The van der Waals surface area contributed by atoms with E-state index >= 15 is 0 Å². The highest BCUT2D eigenvalue weighted by Crippen LogP contribution is 2.29. The van der Waals surface area contributed by atoms with Crippen LogP contribution in [0.15, 0.2) is 29.8 Å². The van der Waals surface area contributed by atoms with E-state index < -0.39 is 0 Å². The number of ether oxygens (including phenoxy) is 1. The number of benzene rings is 1. The summed E-state index contributed by atoms with van der Waals surface area (Å²) in [6.45, 7) is 5.07. The molecule has 0 atom stereocenters. The molecule has 0 bridgehead atoms.